The molecule has 0 radical (unpaired) electrons. The molecule has 0 saturated heterocycles. The number of nitrogens with zero attached hydrogens (tertiary/aromatic N) is 4. The van der Waals surface area contributed by atoms with Gasteiger partial charge in [-0.05, 0) is 38.0 Å². The average molecular weight is 465 g/mol. The Bertz CT molecular complexity index is 1500. The smallest absolute Gasteiger partial charge is 0.386 e. The Hall–Kier alpha value is -3.99. The first-order valence-corrected chi connectivity index (χ1v) is 11.1. The summed E-state index contributed by atoms with van der Waals surface area (Å²) in [6.07, 6.45) is 2.61. The molecule has 0 aliphatic rings. The summed E-state index contributed by atoms with van der Waals surface area (Å²) in [6.45, 7) is 4.10. The number of H-pyrrole nitrogens is 1. The van der Waals surface area contributed by atoms with E-state index in [1.165, 1.54) is 16.9 Å². The summed E-state index contributed by atoms with van der Waals surface area (Å²) in [5.41, 5.74) is 4.25. The van der Waals surface area contributed by atoms with E-state index in [1.807, 2.05) is 37.6 Å². The van der Waals surface area contributed by atoms with Crippen LogP contribution in [0.1, 0.15) is 16.1 Å². The molecular formula is C22H20N6O4S. The largest absolute Gasteiger partial charge is 0.437 e. The minimum absolute atomic E-state index is 0.0242. The number of hydrogen-bond donors (Lipinski definition) is 2. The van der Waals surface area contributed by atoms with Crippen LogP contribution >= 0.6 is 11.3 Å². The van der Waals surface area contributed by atoms with Gasteiger partial charge in [0.2, 0.25) is 5.91 Å². The lowest BCUT2D eigenvalue weighted by molar-refractivity contribution is -0.121. The van der Waals surface area contributed by atoms with Gasteiger partial charge in [0.15, 0.2) is 11.5 Å². The van der Waals surface area contributed by atoms with E-state index in [0.717, 1.165) is 26.2 Å². The molecule has 168 valence electrons. The van der Waals surface area contributed by atoms with Gasteiger partial charge in [-0.1, -0.05) is 16.8 Å². The summed E-state index contributed by atoms with van der Waals surface area (Å²) in [6, 6.07) is 7.79. The quantitative estimate of drug-likeness (QED) is 0.378. The number of fused-ring (bicyclic) bond motifs is 1. The Balaban J connectivity index is 1.21. The molecule has 0 spiro atoms. The van der Waals surface area contributed by atoms with Crippen molar-refractivity contribution < 1.29 is 13.7 Å². The molecule has 1 amide bonds. The fraction of sp³-hybridized carbons (Fsp3) is 0.227. The molecule has 0 saturated carbocycles. The van der Waals surface area contributed by atoms with Crippen molar-refractivity contribution in [2.24, 2.45) is 0 Å². The number of amides is 1. The number of thiazole rings is 1. The first-order valence-electron chi connectivity index (χ1n) is 10.3. The van der Waals surface area contributed by atoms with Crippen LogP contribution in [-0.2, 0) is 17.8 Å². The zero-order chi connectivity index (χ0) is 22.9. The van der Waals surface area contributed by atoms with E-state index < -0.39 is 5.76 Å². The highest BCUT2D eigenvalue weighted by molar-refractivity contribution is 7.09. The van der Waals surface area contributed by atoms with E-state index in [2.05, 4.69) is 31.6 Å². The second kappa shape index (κ2) is 8.51. The number of aromatic nitrogens is 5. The van der Waals surface area contributed by atoms with Gasteiger partial charge in [0, 0.05) is 35.1 Å². The van der Waals surface area contributed by atoms with Crippen LogP contribution in [0.4, 0.5) is 0 Å². The van der Waals surface area contributed by atoms with Crippen LogP contribution < -0.4 is 11.1 Å². The van der Waals surface area contributed by atoms with Crippen molar-refractivity contribution in [3.8, 4) is 23.0 Å². The van der Waals surface area contributed by atoms with Crippen molar-refractivity contribution in [1.29, 1.82) is 0 Å². The van der Waals surface area contributed by atoms with Gasteiger partial charge >= 0.3 is 5.76 Å². The summed E-state index contributed by atoms with van der Waals surface area (Å²) in [7, 11) is 0. The van der Waals surface area contributed by atoms with Gasteiger partial charge in [0.25, 0.3) is 5.89 Å². The topological polar surface area (TPSA) is 132 Å². The Morgan fingerprint density at radius 3 is 2.94 bits per heavy atom. The lowest BCUT2D eigenvalue weighted by Crippen LogP contribution is -2.32. The molecule has 0 aliphatic carbocycles. The molecule has 4 aromatic heterocycles. The zero-order valence-corrected chi connectivity index (χ0v) is 18.7. The van der Waals surface area contributed by atoms with Gasteiger partial charge in [-0.2, -0.15) is 4.68 Å². The third kappa shape index (κ3) is 4.35. The molecule has 0 unspecified atom stereocenters. The third-order valence-electron chi connectivity index (χ3n) is 5.14. The molecule has 0 bridgehead atoms. The number of hydrogen-bond acceptors (Lipinski definition) is 8. The number of nitrogens with one attached hydrogen (secondary N) is 2. The molecule has 33 heavy (non-hydrogen) atoms. The molecule has 0 fully saturated rings. The van der Waals surface area contributed by atoms with Crippen molar-refractivity contribution in [3.05, 3.63) is 62.5 Å². The molecule has 10 nitrogen and oxygen atoms in total. The lowest BCUT2D eigenvalue weighted by Gasteiger charge is -2.04. The number of benzene rings is 1. The van der Waals surface area contributed by atoms with Crippen LogP contribution in [0.5, 0.6) is 0 Å². The first kappa shape index (κ1) is 20.9. The van der Waals surface area contributed by atoms with E-state index in [1.54, 1.807) is 6.07 Å². The second-order valence-corrected chi connectivity index (χ2v) is 8.68. The van der Waals surface area contributed by atoms with E-state index in [0.29, 0.717) is 24.4 Å². The van der Waals surface area contributed by atoms with E-state index in [4.69, 9.17) is 8.94 Å². The van der Waals surface area contributed by atoms with Crippen molar-refractivity contribution in [3.63, 3.8) is 0 Å². The summed E-state index contributed by atoms with van der Waals surface area (Å²) in [5, 5.41) is 14.7. The maximum absolute atomic E-state index is 12.3. The minimum atomic E-state index is -0.749. The highest BCUT2D eigenvalue weighted by Gasteiger charge is 2.18. The van der Waals surface area contributed by atoms with Crippen LogP contribution in [0.25, 0.3) is 33.9 Å². The molecule has 0 atom stereocenters. The predicted molar refractivity (Wildman–Crippen MR) is 122 cm³/mol. The summed E-state index contributed by atoms with van der Waals surface area (Å²) in [5.74, 6) is -0.672. The minimum Gasteiger partial charge on any atom is -0.386 e. The fourth-order valence-electron chi connectivity index (χ4n) is 3.51. The van der Waals surface area contributed by atoms with Crippen LogP contribution in [-0.4, -0.2) is 37.4 Å². The predicted octanol–water partition coefficient (Wildman–Crippen LogP) is 3.07. The number of aromatic amines is 1. The van der Waals surface area contributed by atoms with Crippen molar-refractivity contribution in [2.75, 3.05) is 6.54 Å². The van der Waals surface area contributed by atoms with Gasteiger partial charge in [-0.3, -0.25) is 4.79 Å². The van der Waals surface area contributed by atoms with Crippen molar-refractivity contribution in [1.82, 2.24) is 30.2 Å². The van der Waals surface area contributed by atoms with Crippen LogP contribution in [0.2, 0.25) is 0 Å². The molecule has 11 heteroatoms. The molecule has 4 heterocycles. The molecule has 2 N–H and O–H groups in total. The van der Waals surface area contributed by atoms with E-state index >= 15 is 0 Å². The molecule has 1 aromatic carbocycles. The number of carbonyl (C=O) groups is 1. The van der Waals surface area contributed by atoms with Crippen LogP contribution in [0.15, 0.2) is 49.6 Å². The normalized spacial score (nSPS) is 11.3. The van der Waals surface area contributed by atoms with Gasteiger partial charge < -0.3 is 19.2 Å². The van der Waals surface area contributed by atoms with E-state index in [-0.39, 0.29) is 24.0 Å². The van der Waals surface area contributed by atoms with E-state index in [9.17, 15) is 9.59 Å². The second-order valence-electron chi connectivity index (χ2n) is 7.62. The fourth-order valence-corrected chi connectivity index (χ4v) is 4.11. The van der Waals surface area contributed by atoms with Gasteiger partial charge in [-0.25, -0.2) is 9.78 Å². The maximum Gasteiger partial charge on any atom is 0.437 e. The first-order chi connectivity index (χ1) is 16.0. The number of rotatable bonds is 7. The van der Waals surface area contributed by atoms with Gasteiger partial charge in [0.05, 0.1) is 5.01 Å². The Labute approximate surface area is 191 Å². The standard InChI is InChI=1S/C22H20N6O4S/c1-12-3-4-16-15(7-12)14(9-24-16)5-6-23-20(29)10-28-22(30)31-21(26-28)17-8-19(32-27-17)18-11-33-13(2)25-18/h3-4,7-9,11,24H,5-6,10H2,1-2H3,(H,23,29). The number of carbonyl (C=O) groups excluding carboxylic acids is 1. The SMILES string of the molecule is Cc1ccc2[nH]cc(CCNC(=O)Cn3nc(-c4cc(-c5csc(C)n5)on4)oc3=O)c2c1. The number of aryl methyl sites for hydroxylation is 2. The third-order valence-corrected chi connectivity index (χ3v) is 5.91. The van der Waals surface area contributed by atoms with Crippen molar-refractivity contribution in [2.45, 2.75) is 26.8 Å². The lowest BCUT2D eigenvalue weighted by atomic mass is 10.1. The summed E-state index contributed by atoms with van der Waals surface area (Å²) >= 11 is 1.49. The highest BCUT2D eigenvalue weighted by Crippen LogP contribution is 2.25. The Morgan fingerprint density at radius 1 is 1.24 bits per heavy atom. The molecule has 5 rings (SSSR count). The summed E-state index contributed by atoms with van der Waals surface area (Å²) in [4.78, 5) is 32.1. The van der Waals surface area contributed by atoms with Crippen LogP contribution in [0, 0.1) is 13.8 Å². The van der Waals surface area contributed by atoms with Gasteiger partial charge in [0.1, 0.15) is 12.2 Å². The monoisotopic (exact) mass is 464 g/mol. The highest BCUT2D eigenvalue weighted by atomic mass is 32.1. The molecular weight excluding hydrogens is 444 g/mol. The Kier molecular flexibility index (Phi) is 5.38. The maximum atomic E-state index is 12.3. The zero-order valence-electron chi connectivity index (χ0n) is 17.9. The summed E-state index contributed by atoms with van der Waals surface area (Å²) < 4.78 is 11.4. The van der Waals surface area contributed by atoms with Crippen molar-refractivity contribution >= 4 is 28.1 Å². The van der Waals surface area contributed by atoms with Gasteiger partial charge in [-0.15, -0.1) is 16.4 Å². The molecule has 5 aromatic rings. The Morgan fingerprint density at radius 2 is 2.12 bits per heavy atom. The average Bonchev–Trinajstić information content (AvgIpc) is 3.56. The van der Waals surface area contributed by atoms with Crippen LogP contribution in [0.3, 0.4) is 0 Å². The molecule has 0 aliphatic heterocycles.